The maximum atomic E-state index is 13.2. The molecule has 2 heterocycles. The molecular weight excluding hydrogens is 525 g/mol. The quantitative estimate of drug-likeness (QED) is 0.397. The van der Waals surface area contributed by atoms with Crippen molar-refractivity contribution in [3.8, 4) is 11.4 Å². The van der Waals surface area contributed by atoms with Crippen molar-refractivity contribution in [3.63, 3.8) is 0 Å². The number of aromatic nitrogens is 2. The zero-order valence-corrected chi connectivity index (χ0v) is 21.6. The summed E-state index contributed by atoms with van der Waals surface area (Å²) in [7, 11) is 0. The Morgan fingerprint density at radius 3 is 2.08 bits per heavy atom. The lowest BCUT2D eigenvalue weighted by Gasteiger charge is -2.34. The second kappa shape index (κ2) is 12.0. The maximum absolute atomic E-state index is 13.2. The molecule has 4 aromatic rings. The van der Waals surface area contributed by atoms with Gasteiger partial charge in [0.1, 0.15) is 5.82 Å². The summed E-state index contributed by atoms with van der Waals surface area (Å²) in [5, 5.41) is 7.12. The van der Waals surface area contributed by atoms with E-state index in [1.54, 1.807) is 11.8 Å². The number of carbonyl (C=O) groups is 3. The molecule has 40 heavy (non-hydrogen) atoms. The molecule has 1 N–H and O–H groups in total. The molecule has 2 amide bonds. The third-order valence-corrected chi connectivity index (χ3v) is 6.46. The third-order valence-electron chi connectivity index (χ3n) is 6.46. The summed E-state index contributed by atoms with van der Waals surface area (Å²) >= 11 is 0. The number of nitrogens with zero attached hydrogens (tertiary/aromatic N) is 4. The minimum absolute atomic E-state index is 0.00854. The first-order valence-electron chi connectivity index (χ1n) is 12.5. The number of carboxylic acid groups (broad SMARTS) is 1. The minimum Gasteiger partial charge on any atom is -0.475 e. The van der Waals surface area contributed by atoms with Gasteiger partial charge in [0.15, 0.2) is 0 Å². The van der Waals surface area contributed by atoms with Gasteiger partial charge in [-0.1, -0.05) is 54.6 Å². The average Bonchev–Trinajstić information content (AvgIpc) is 3.31. The van der Waals surface area contributed by atoms with E-state index in [-0.39, 0.29) is 11.8 Å². The van der Waals surface area contributed by atoms with Crippen molar-refractivity contribution in [2.45, 2.75) is 19.6 Å². The molecule has 0 unspecified atom stereocenters. The first kappa shape index (κ1) is 28.3. The number of rotatable bonds is 4. The van der Waals surface area contributed by atoms with Gasteiger partial charge in [0.05, 0.1) is 11.0 Å². The molecule has 1 saturated heterocycles. The highest BCUT2D eigenvalue weighted by Crippen LogP contribution is 2.27. The van der Waals surface area contributed by atoms with Gasteiger partial charge in [-0.05, 0) is 29.8 Å². The molecule has 1 aliphatic rings. The number of piperazine rings is 1. The number of para-hydroxylation sites is 2. The molecule has 1 fully saturated rings. The molecule has 0 aliphatic carbocycles. The van der Waals surface area contributed by atoms with Crippen LogP contribution in [0.3, 0.4) is 0 Å². The van der Waals surface area contributed by atoms with Crippen LogP contribution in [0.1, 0.15) is 22.8 Å². The van der Waals surface area contributed by atoms with Crippen molar-refractivity contribution < 1.29 is 32.7 Å². The highest BCUT2D eigenvalue weighted by molar-refractivity contribution is 5.95. The van der Waals surface area contributed by atoms with Crippen LogP contribution in [0.5, 0.6) is 0 Å². The fourth-order valence-electron chi connectivity index (χ4n) is 4.42. The summed E-state index contributed by atoms with van der Waals surface area (Å²) in [6, 6.07) is 26.1. The standard InChI is InChI=1S/C27H26N4O2.C2HF3O2/c1-20(32)29-14-16-30(17-15-29)27(33)23-11-7-10-22(18-23)26-28-24-12-5-6-13-25(24)31(26)19-21-8-3-2-4-9-21;3-2(4,5)1(6)7/h2-13,18H,14-17,19H2,1H3;(H,6,7). The Kier molecular flexibility index (Phi) is 8.52. The summed E-state index contributed by atoms with van der Waals surface area (Å²) in [5.74, 6) is -1.87. The fourth-order valence-corrected chi connectivity index (χ4v) is 4.42. The fraction of sp³-hybridized carbons (Fsp3) is 0.241. The lowest BCUT2D eigenvalue weighted by atomic mass is 10.1. The second-order valence-corrected chi connectivity index (χ2v) is 9.18. The molecule has 1 aromatic heterocycles. The lowest BCUT2D eigenvalue weighted by molar-refractivity contribution is -0.192. The minimum atomic E-state index is -5.08. The van der Waals surface area contributed by atoms with Crippen molar-refractivity contribution in [2.24, 2.45) is 0 Å². The Morgan fingerprint density at radius 2 is 1.45 bits per heavy atom. The molecule has 5 rings (SSSR count). The van der Waals surface area contributed by atoms with Crippen LogP contribution >= 0.6 is 0 Å². The van der Waals surface area contributed by atoms with Crippen LogP contribution in [0.15, 0.2) is 78.9 Å². The number of fused-ring (bicyclic) bond motifs is 1. The predicted molar refractivity (Wildman–Crippen MR) is 143 cm³/mol. The van der Waals surface area contributed by atoms with Gasteiger partial charge in [0.2, 0.25) is 5.91 Å². The number of alkyl halides is 3. The van der Waals surface area contributed by atoms with Gasteiger partial charge in [0, 0.05) is 50.8 Å². The molecule has 1 aliphatic heterocycles. The van der Waals surface area contributed by atoms with Crippen molar-refractivity contribution in [3.05, 3.63) is 90.0 Å². The van der Waals surface area contributed by atoms with Gasteiger partial charge in [-0.25, -0.2) is 9.78 Å². The van der Waals surface area contributed by atoms with Gasteiger partial charge < -0.3 is 19.5 Å². The lowest BCUT2D eigenvalue weighted by Crippen LogP contribution is -2.50. The van der Waals surface area contributed by atoms with Gasteiger partial charge in [0.25, 0.3) is 5.91 Å². The van der Waals surface area contributed by atoms with Crippen LogP contribution in [0.2, 0.25) is 0 Å². The summed E-state index contributed by atoms with van der Waals surface area (Å²) in [5.41, 5.74) is 4.74. The number of halogens is 3. The number of amides is 2. The van der Waals surface area contributed by atoms with E-state index in [1.807, 2.05) is 65.6 Å². The van der Waals surface area contributed by atoms with Gasteiger partial charge in [-0.15, -0.1) is 0 Å². The van der Waals surface area contributed by atoms with Crippen molar-refractivity contribution >= 4 is 28.8 Å². The normalized spacial score (nSPS) is 13.5. The molecule has 8 nitrogen and oxygen atoms in total. The number of imidazole rings is 1. The number of hydrogen-bond acceptors (Lipinski definition) is 4. The van der Waals surface area contributed by atoms with Crippen LogP contribution in [0.25, 0.3) is 22.4 Å². The largest absolute Gasteiger partial charge is 0.490 e. The van der Waals surface area contributed by atoms with Crippen LogP contribution in [0, 0.1) is 0 Å². The van der Waals surface area contributed by atoms with E-state index in [0.29, 0.717) is 38.3 Å². The van der Waals surface area contributed by atoms with Crippen molar-refractivity contribution in [2.75, 3.05) is 26.2 Å². The van der Waals surface area contributed by atoms with E-state index in [4.69, 9.17) is 14.9 Å². The molecule has 208 valence electrons. The molecular formula is C29H27F3N4O4. The Bertz CT molecular complexity index is 1510. The van der Waals surface area contributed by atoms with Gasteiger partial charge in [-0.2, -0.15) is 13.2 Å². The van der Waals surface area contributed by atoms with E-state index in [9.17, 15) is 22.8 Å². The average molecular weight is 553 g/mol. The molecule has 0 saturated carbocycles. The van der Waals surface area contributed by atoms with E-state index < -0.39 is 12.1 Å². The number of benzene rings is 3. The molecule has 11 heteroatoms. The third kappa shape index (κ3) is 6.66. The second-order valence-electron chi connectivity index (χ2n) is 9.18. The number of hydrogen-bond donors (Lipinski definition) is 1. The number of aliphatic carboxylic acids is 1. The van der Waals surface area contributed by atoms with Gasteiger partial charge in [-0.3, -0.25) is 9.59 Å². The highest BCUT2D eigenvalue weighted by atomic mass is 19.4. The van der Waals surface area contributed by atoms with Crippen LogP contribution in [-0.4, -0.2) is 74.6 Å². The Hall–Kier alpha value is -4.67. The SMILES string of the molecule is CC(=O)N1CCN(C(=O)c2cccc(-c3nc4ccccc4n3Cc3ccccc3)c2)CC1.O=C(O)C(F)(F)F. The van der Waals surface area contributed by atoms with E-state index in [2.05, 4.69) is 22.8 Å². The molecule has 0 bridgehead atoms. The topological polar surface area (TPSA) is 95.7 Å². The molecule has 0 spiro atoms. The number of carboxylic acids is 1. The zero-order chi connectivity index (χ0) is 28.9. The highest BCUT2D eigenvalue weighted by Gasteiger charge is 2.38. The summed E-state index contributed by atoms with van der Waals surface area (Å²) in [4.78, 5) is 42.2. The van der Waals surface area contributed by atoms with E-state index >= 15 is 0 Å². The molecule has 3 aromatic carbocycles. The van der Waals surface area contributed by atoms with Crippen molar-refractivity contribution in [1.82, 2.24) is 19.4 Å². The van der Waals surface area contributed by atoms with Crippen LogP contribution < -0.4 is 0 Å². The monoisotopic (exact) mass is 552 g/mol. The Balaban J connectivity index is 0.000000470. The van der Waals surface area contributed by atoms with Crippen LogP contribution in [0.4, 0.5) is 13.2 Å². The first-order chi connectivity index (χ1) is 19.0. The maximum Gasteiger partial charge on any atom is 0.490 e. The Morgan fingerprint density at radius 1 is 0.850 bits per heavy atom. The molecule has 0 radical (unpaired) electrons. The number of carbonyl (C=O) groups excluding carboxylic acids is 2. The summed E-state index contributed by atoms with van der Waals surface area (Å²) in [6.07, 6.45) is -5.08. The van der Waals surface area contributed by atoms with Gasteiger partial charge >= 0.3 is 12.1 Å². The predicted octanol–water partition coefficient (Wildman–Crippen LogP) is 4.69. The van der Waals surface area contributed by atoms with Crippen LogP contribution in [-0.2, 0) is 16.1 Å². The first-order valence-corrected chi connectivity index (χ1v) is 12.5. The Labute approximate surface area is 228 Å². The van der Waals surface area contributed by atoms with Crippen molar-refractivity contribution in [1.29, 1.82) is 0 Å². The van der Waals surface area contributed by atoms with E-state index in [0.717, 1.165) is 22.4 Å². The molecule has 0 atom stereocenters. The zero-order valence-electron chi connectivity index (χ0n) is 21.6. The summed E-state index contributed by atoms with van der Waals surface area (Å²) in [6.45, 7) is 4.52. The smallest absolute Gasteiger partial charge is 0.475 e. The van der Waals surface area contributed by atoms with E-state index in [1.165, 1.54) is 5.56 Å². The summed E-state index contributed by atoms with van der Waals surface area (Å²) < 4.78 is 33.9.